The summed E-state index contributed by atoms with van der Waals surface area (Å²) in [5.41, 5.74) is 5.36. The predicted octanol–water partition coefficient (Wildman–Crippen LogP) is 5.53. The predicted molar refractivity (Wildman–Crippen MR) is 299 cm³/mol. The molecule has 2 aliphatic heterocycles. The maximum atomic E-state index is 12.7. The summed E-state index contributed by atoms with van der Waals surface area (Å²) < 4.78 is 26.7. The Labute approximate surface area is 456 Å². The number of aliphatic carboxylic acids is 1. The highest BCUT2D eigenvalue weighted by molar-refractivity contribution is 5.93. The fourth-order valence-corrected chi connectivity index (χ4v) is 8.77. The first-order chi connectivity index (χ1) is 37.0. The van der Waals surface area contributed by atoms with E-state index in [0.717, 1.165) is 67.3 Å². The average molecular weight is 1070 g/mol. The summed E-state index contributed by atoms with van der Waals surface area (Å²) in [4.78, 5) is 54.6. The quantitative estimate of drug-likeness (QED) is 0.0405. The van der Waals surface area contributed by atoms with Crippen LogP contribution < -0.4 is 30.2 Å². The molecule has 5 atom stereocenters. The van der Waals surface area contributed by atoms with E-state index in [2.05, 4.69) is 25.8 Å². The van der Waals surface area contributed by atoms with Crippen molar-refractivity contribution in [2.24, 2.45) is 0 Å². The van der Waals surface area contributed by atoms with Gasteiger partial charge in [0.05, 0.1) is 32.9 Å². The largest absolute Gasteiger partial charge is 0.493 e. The molecule has 0 aliphatic carbocycles. The molecule has 2 fully saturated rings. The van der Waals surface area contributed by atoms with Gasteiger partial charge in [0.25, 0.3) is 0 Å². The summed E-state index contributed by atoms with van der Waals surface area (Å²) in [7, 11) is 3.30. The Hall–Kier alpha value is -6.12. The number of para-hydroxylation sites is 3. The molecule has 0 spiro atoms. The number of aryl methyl sites for hydroxylation is 3. The number of ether oxygens (including phenoxy) is 5. The molecule has 2 saturated heterocycles. The second kappa shape index (κ2) is 34.6. The lowest BCUT2D eigenvalue weighted by Gasteiger charge is -2.35. The number of nitrogens with one attached hydrogen (secondary N) is 3. The van der Waals surface area contributed by atoms with E-state index in [4.69, 9.17) is 23.7 Å². The van der Waals surface area contributed by atoms with Gasteiger partial charge in [-0.1, -0.05) is 86.6 Å². The number of anilines is 1. The number of esters is 1. The maximum Gasteiger partial charge on any atom is 0.326 e. The monoisotopic (exact) mass is 1070 g/mol. The van der Waals surface area contributed by atoms with Crippen molar-refractivity contribution < 1.29 is 58.2 Å². The molecule has 6 rings (SSSR count). The zero-order valence-electron chi connectivity index (χ0n) is 46.6. The van der Waals surface area contributed by atoms with Crippen LogP contribution in [-0.4, -0.2) is 183 Å². The summed E-state index contributed by atoms with van der Waals surface area (Å²) in [6, 6.07) is 29.4. The molecule has 2 unspecified atom stereocenters. The highest BCUT2D eigenvalue weighted by atomic mass is 16.5. The Bertz CT molecular complexity index is 2330. The third kappa shape index (κ3) is 23.2. The molecule has 0 bridgehead atoms. The normalized spacial score (nSPS) is 16.1. The minimum atomic E-state index is -0.987. The number of hydrogen-bond acceptors (Lipinski definition) is 15. The molecule has 18 nitrogen and oxygen atoms in total. The molecular formula is C59H86N6O12. The van der Waals surface area contributed by atoms with Crippen molar-refractivity contribution in [1.29, 1.82) is 0 Å². The van der Waals surface area contributed by atoms with Gasteiger partial charge in [-0.05, 0) is 106 Å². The number of carbonyl (C=O) groups excluding carboxylic acids is 3. The number of nitrogens with zero attached hydrogens (tertiary/aromatic N) is 3. The molecule has 4 aromatic rings. The van der Waals surface area contributed by atoms with Crippen molar-refractivity contribution in [3.05, 3.63) is 119 Å². The summed E-state index contributed by atoms with van der Waals surface area (Å²) in [5, 5.41) is 38.6. The van der Waals surface area contributed by atoms with E-state index in [1.54, 1.807) is 28.1 Å². The Kier molecular flexibility index (Phi) is 28.5. The van der Waals surface area contributed by atoms with Crippen LogP contribution in [0.15, 0.2) is 97.1 Å². The smallest absolute Gasteiger partial charge is 0.326 e. The van der Waals surface area contributed by atoms with Gasteiger partial charge < -0.3 is 54.5 Å². The molecule has 18 heteroatoms. The number of aliphatic hydroxyl groups is 2. The minimum absolute atomic E-state index is 0.0103. The lowest BCUT2D eigenvalue weighted by molar-refractivity contribution is -0.150. The number of β-amino-alcohol motifs (C(OH)–C–C–N with tert-alkyl or cyclic N) is 1. The molecule has 6 N–H and O–H groups in total. The molecule has 0 saturated carbocycles. The number of rotatable bonds is 27. The Morgan fingerprint density at radius 1 is 0.727 bits per heavy atom. The van der Waals surface area contributed by atoms with Crippen molar-refractivity contribution in [2.75, 3.05) is 98.3 Å². The molecule has 2 amide bonds. The van der Waals surface area contributed by atoms with Crippen LogP contribution in [0.5, 0.6) is 17.2 Å². The summed E-state index contributed by atoms with van der Waals surface area (Å²) >= 11 is 0. The van der Waals surface area contributed by atoms with Crippen LogP contribution in [0, 0.1) is 13.8 Å². The highest BCUT2D eigenvalue weighted by Gasteiger charge is 2.37. The number of aliphatic hydroxyl groups excluding tert-OH is 2. The van der Waals surface area contributed by atoms with Gasteiger partial charge in [-0.2, -0.15) is 0 Å². The van der Waals surface area contributed by atoms with Gasteiger partial charge in [0.2, 0.25) is 11.8 Å². The number of benzene rings is 4. The second-order valence-corrected chi connectivity index (χ2v) is 19.7. The summed E-state index contributed by atoms with van der Waals surface area (Å²) in [6.45, 7) is 18.1. The molecule has 77 heavy (non-hydrogen) atoms. The first-order valence-corrected chi connectivity index (χ1v) is 26.9. The van der Waals surface area contributed by atoms with E-state index >= 15 is 0 Å². The van der Waals surface area contributed by atoms with Crippen molar-refractivity contribution in [1.82, 2.24) is 25.3 Å². The van der Waals surface area contributed by atoms with E-state index in [9.17, 15) is 34.5 Å². The van der Waals surface area contributed by atoms with Gasteiger partial charge in [-0.3, -0.25) is 29.5 Å². The number of methoxy groups -OCH3 is 2. The van der Waals surface area contributed by atoms with Crippen LogP contribution in [0.2, 0.25) is 0 Å². The van der Waals surface area contributed by atoms with Crippen LogP contribution >= 0.6 is 0 Å². The van der Waals surface area contributed by atoms with Crippen LogP contribution in [0.1, 0.15) is 69.2 Å². The molecule has 0 radical (unpaired) electrons. The van der Waals surface area contributed by atoms with E-state index in [1.807, 2.05) is 125 Å². The molecular weight excluding hydrogens is 985 g/mol. The number of carboxylic acids is 1. The van der Waals surface area contributed by atoms with E-state index in [0.29, 0.717) is 76.0 Å². The highest BCUT2D eigenvalue weighted by Crippen LogP contribution is 2.26. The number of hydrogen-bond donors (Lipinski definition) is 6. The van der Waals surface area contributed by atoms with Gasteiger partial charge in [-0.25, -0.2) is 4.79 Å². The lowest BCUT2D eigenvalue weighted by Crippen LogP contribution is -2.53. The maximum absolute atomic E-state index is 12.7. The average Bonchev–Trinajstić information content (AvgIpc) is 3.93. The van der Waals surface area contributed by atoms with Gasteiger partial charge in [0, 0.05) is 64.7 Å². The van der Waals surface area contributed by atoms with Crippen molar-refractivity contribution in [3.8, 4) is 17.2 Å². The van der Waals surface area contributed by atoms with Gasteiger partial charge >= 0.3 is 11.9 Å². The zero-order chi connectivity index (χ0) is 56.1. The number of piperazine rings is 1. The number of likely N-dealkylation sites (tertiary alicyclic amines) is 1. The van der Waals surface area contributed by atoms with Gasteiger partial charge in [-0.15, -0.1) is 0 Å². The van der Waals surface area contributed by atoms with Gasteiger partial charge in [0.15, 0.2) is 11.5 Å². The third-order valence-corrected chi connectivity index (χ3v) is 13.0. The van der Waals surface area contributed by atoms with E-state index < -0.39 is 42.3 Å². The number of carboxylic acid groups (broad SMARTS) is 1. The van der Waals surface area contributed by atoms with Crippen molar-refractivity contribution in [2.45, 2.75) is 110 Å². The summed E-state index contributed by atoms with van der Waals surface area (Å²) in [6.07, 6.45) is 2.10. The minimum Gasteiger partial charge on any atom is -0.493 e. The van der Waals surface area contributed by atoms with Crippen LogP contribution in [0.25, 0.3) is 0 Å². The third-order valence-electron chi connectivity index (χ3n) is 13.0. The molecule has 0 aromatic heterocycles. The molecule has 2 aliphatic rings. The fraction of sp³-hybridized carbons (Fsp3) is 0.525. The zero-order valence-corrected chi connectivity index (χ0v) is 46.6. The topological polar surface area (TPSA) is 221 Å². The Morgan fingerprint density at radius 2 is 1.35 bits per heavy atom. The fourth-order valence-electron chi connectivity index (χ4n) is 8.77. The van der Waals surface area contributed by atoms with E-state index in [1.165, 1.54) is 10.5 Å². The standard InChI is InChI=1S/C24H33N3O4.C20H28N2O5.C15H25NO3/c1-18-7-6-8-19(2)24(18)25-23(29)16-27-13-11-26(12-14-27)15-20(28)17-31-22-10-5-4-9-21(22)30-3;1-3-27-20(26)16(12-11-15-8-5-4-6-9-15)21-14(2)18(23)22-13-7-10-17(22)19(24)25;1-12(2)16-10-14(17)11-19-15-6-4-13(5-7-15)8-9-18-3/h4-10,20,28H,11-17H2,1-3H3,(H,25,29);4-6,8-9,14,16-17,21H,3,7,10-13H2,1-2H3,(H,24,25);4-7,12,14,16-17H,8-11H2,1-3H3/t;14-,16-,17-;/m.0./s1. The molecule has 4 aromatic carbocycles. The molecule has 2 heterocycles. The summed E-state index contributed by atoms with van der Waals surface area (Å²) in [5.74, 6) is 0.393. The van der Waals surface area contributed by atoms with Crippen LogP contribution in [0.3, 0.4) is 0 Å². The van der Waals surface area contributed by atoms with Crippen molar-refractivity contribution >= 4 is 29.4 Å². The van der Waals surface area contributed by atoms with Crippen LogP contribution in [0.4, 0.5) is 5.69 Å². The Morgan fingerprint density at radius 3 is 1.97 bits per heavy atom. The number of amides is 2. The van der Waals surface area contributed by atoms with Gasteiger partial charge in [0.1, 0.15) is 43.3 Å². The number of carbonyl (C=O) groups is 4. The SMILES string of the molecule is CCOC(=O)[C@H](CCc1ccccc1)N[C@@H](C)C(=O)N1CCC[C@H]1C(=O)O.COCCc1ccc(OCC(O)CNC(C)C)cc1.COc1ccccc1OCC(O)CN1CCN(CC(=O)Nc2c(C)cccc2C)CC1. The first-order valence-electron chi connectivity index (χ1n) is 26.9. The first kappa shape index (κ1) is 63.4. The van der Waals surface area contributed by atoms with Crippen LogP contribution in [-0.2, 0) is 41.5 Å². The lowest BCUT2D eigenvalue weighted by atomic mass is 10.0. The Balaban J connectivity index is 0.000000257. The van der Waals surface area contributed by atoms with Crippen molar-refractivity contribution in [3.63, 3.8) is 0 Å². The molecule has 424 valence electrons. The second-order valence-electron chi connectivity index (χ2n) is 19.7. The van der Waals surface area contributed by atoms with E-state index in [-0.39, 0.29) is 25.0 Å².